The first-order valence-electron chi connectivity index (χ1n) is 8.99. The van der Waals surface area contributed by atoms with E-state index in [0.717, 1.165) is 57.6 Å². The Balaban J connectivity index is 1.53. The maximum absolute atomic E-state index is 12.2. The highest BCUT2D eigenvalue weighted by Crippen LogP contribution is 2.22. The summed E-state index contributed by atoms with van der Waals surface area (Å²) >= 11 is 0. The molecule has 0 saturated carbocycles. The number of rotatable bonds is 6. The van der Waals surface area contributed by atoms with Crippen LogP contribution in [0.25, 0.3) is 0 Å². The van der Waals surface area contributed by atoms with Gasteiger partial charge in [-0.2, -0.15) is 0 Å². The zero-order valence-corrected chi connectivity index (χ0v) is 14.5. The second-order valence-corrected chi connectivity index (χ2v) is 6.74. The van der Waals surface area contributed by atoms with Crippen LogP contribution in [0.4, 0.5) is 0 Å². The van der Waals surface area contributed by atoms with Gasteiger partial charge < -0.3 is 19.7 Å². The van der Waals surface area contributed by atoms with Gasteiger partial charge in [0.05, 0.1) is 13.2 Å². The van der Waals surface area contributed by atoms with Gasteiger partial charge >= 0.3 is 0 Å². The predicted octanol–water partition coefficient (Wildman–Crippen LogP) is 1.85. The summed E-state index contributed by atoms with van der Waals surface area (Å²) in [5.41, 5.74) is 1.28. The standard InChI is InChI=1S/C19H28N2O3/c1-23-17-6-4-15(5-7-17)12-16-13-20-9-8-18(16)24-14-19(22)21-10-2-3-11-21/h4-7,16,18,20H,2-3,8-14H2,1H3/t16-,18+/m1/s1. The molecule has 0 aliphatic carbocycles. The Labute approximate surface area is 144 Å². The summed E-state index contributed by atoms with van der Waals surface area (Å²) < 4.78 is 11.2. The molecule has 2 heterocycles. The van der Waals surface area contributed by atoms with Crippen LogP contribution < -0.4 is 10.1 Å². The Kier molecular flexibility index (Phi) is 6.10. The summed E-state index contributed by atoms with van der Waals surface area (Å²) in [6, 6.07) is 8.22. The van der Waals surface area contributed by atoms with E-state index in [0.29, 0.717) is 5.92 Å². The van der Waals surface area contributed by atoms with Crippen molar-refractivity contribution < 1.29 is 14.3 Å². The lowest BCUT2D eigenvalue weighted by molar-refractivity contribution is -0.138. The largest absolute Gasteiger partial charge is 0.497 e. The molecule has 2 aliphatic heterocycles. The summed E-state index contributed by atoms with van der Waals surface area (Å²) in [4.78, 5) is 14.1. The van der Waals surface area contributed by atoms with Crippen LogP contribution in [0, 0.1) is 5.92 Å². The Morgan fingerprint density at radius 2 is 2.00 bits per heavy atom. The van der Waals surface area contributed by atoms with Crippen molar-refractivity contribution >= 4 is 5.91 Å². The quantitative estimate of drug-likeness (QED) is 0.864. The number of ether oxygens (including phenoxy) is 2. The second-order valence-electron chi connectivity index (χ2n) is 6.74. The number of methoxy groups -OCH3 is 1. The maximum atomic E-state index is 12.2. The van der Waals surface area contributed by atoms with Crippen LogP contribution in [0.2, 0.25) is 0 Å². The summed E-state index contributed by atoms with van der Waals surface area (Å²) in [6.45, 7) is 3.91. The molecule has 1 aromatic rings. The SMILES string of the molecule is COc1ccc(C[C@@H]2CNCC[C@@H]2OCC(=O)N2CCCC2)cc1. The van der Waals surface area contributed by atoms with Gasteiger partial charge in [0.2, 0.25) is 5.91 Å². The lowest BCUT2D eigenvalue weighted by Gasteiger charge is -2.32. The fraction of sp³-hybridized carbons (Fsp3) is 0.632. The van der Waals surface area contributed by atoms with Crippen LogP contribution in [0.5, 0.6) is 5.75 Å². The lowest BCUT2D eigenvalue weighted by atomic mass is 9.89. The van der Waals surface area contributed by atoms with Crippen LogP contribution >= 0.6 is 0 Å². The van der Waals surface area contributed by atoms with E-state index >= 15 is 0 Å². The molecule has 3 rings (SSSR count). The molecule has 24 heavy (non-hydrogen) atoms. The molecule has 2 aliphatic rings. The number of benzene rings is 1. The van der Waals surface area contributed by atoms with E-state index in [-0.39, 0.29) is 18.6 Å². The number of likely N-dealkylation sites (tertiary alicyclic amines) is 1. The molecule has 0 bridgehead atoms. The zero-order valence-electron chi connectivity index (χ0n) is 14.5. The first-order valence-corrected chi connectivity index (χ1v) is 8.99. The lowest BCUT2D eigenvalue weighted by Crippen LogP contribution is -2.44. The smallest absolute Gasteiger partial charge is 0.248 e. The maximum Gasteiger partial charge on any atom is 0.248 e. The third-order valence-corrected chi connectivity index (χ3v) is 5.07. The summed E-state index contributed by atoms with van der Waals surface area (Å²) in [6.07, 6.45) is 4.33. The van der Waals surface area contributed by atoms with Crippen LogP contribution in [-0.2, 0) is 16.0 Å². The predicted molar refractivity (Wildman–Crippen MR) is 93.2 cm³/mol. The molecule has 0 aromatic heterocycles. The monoisotopic (exact) mass is 332 g/mol. The third kappa shape index (κ3) is 4.48. The molecular formula is C19H28N2O3. The summed E-state index contributed by atoms with van der Waals surface area (Å²) in [5.74, 6) is 1.43. The van der Waals surface area contributed by atoms with Gasteiger partial charge in [0, 0.05) is 25.6 Å². The number of carbonyl (C=O) groups excluding carboxylic acids is 1. The summed E-state index contributed by atoms with van der Waals surface area (Å²) in [5, 5.41) is 3.45. The van der Waals surface area contributed by atoms with Gasteiger partial charge in [-0.05, 0) is 49.9 Å². The van der Waals surface area contributed by atoms with Crippen molar-refractivity contribution in [3.8, 4) is 5.75 Å². The van der Waals surface area contributed by atoms with E-state index in [9.17, 15) is 4.79 Å². The minimum atomic E-state index is 0.147. The van der Waals surface area contributed by atoms with Crippen molar-refractivity contribution in [3.05, 3.63) is 29.8 Å². The Hall–Kier alpha value is -1.59. The number of amides is 1. The molecule has 2 atom stereocenters. The minimum absolute atomic E-state index is 0.147. The number of hydrogen-bond acceptors (Lipinski definition) is 4. The van der Waals surface area contributed by atoms with E-state index in [1.54, 1.807) is 7.11 Å². The van der Waals surface area contributed by atoms with Gasteiger partial charge in [0.1, 0.15) is 12.4 Å². The van der Waals surface area contributed by atoms with Crippen molar-refractivity contribution in [2.24, 2.45) is 5.92 Å². The Morgan fingerprint density at radius 1 is 1.25 bits per heavy atom. The van der Waals surface area contributed by atoms with Gasteiger partial charge in [-0.3, -0.25) is 4.79 Å². The molecule has 0 radical (unpaired) electrons. The van der Waals surface area contributed by atoms with Gasteiger partial charge in [-0.15, -0.1) is 0 Å². The molecule has 1 aromatic carbocycles. The molecule has 0 spiro atoms. The van der Waals surface area contributed by atoms with Gasteiger partial charge in [-0.1, -0.05) is 12.1 Å². The molecule has 2 fully saturated rings. The third-order valence-electron chi connectivity index (χ3n) is 5.07. The second kappa shape index (κ2) is 8.49. The van der Waals surface area contributed by atoms with Crippen LogP contribution in [0.3, 0.4) is 0 Å². The molecule has 5 nitrogen and oxygen atoms in total. The van der Waals surface area contributed by atoms with Crippen molar-refractivity contribution in [2.75, 3.05) is 39.9 Å². The van der Waals surface area contributed by atoms with E-state index in [4.69, 9.17) is 9.47 Å². The van der Waals surface area contributed by atoms with Crippen LogP contribution in [0.15, 0.2) is 24.3 Å². The number of nitrogens with zero attached hydrogens (tertiary/aromatic N) is 1. The Morgan fingerprint density at radius 3 is 2.71 bits per heavy atom. The number of hydrogen-bond donors (Lipinski definition) is 1. The number of piperidine rings is 1. The van der Waals surface area contributed by atoms with Gasteiger partial charge in [-0.25, -0.2) is 0 Å². The average Bonchev–Trinajstić information content (AvgIpc) is 3.16. The van der Waals surface area contributed by atoms with Crippen LogP contribution in [-0.4, -0.2) is 56.8 Å². The average molecular weight is 332 g/mol. The van der Waals surface area contributed by atoms with Gasteiger partial charge in [0.15, 0.2) is 0 Å². The molecule has 5 heteroatoms. The number of nitrogens with one attached hydrogen (secondary N) is 1. The number of carbonyl (C=O) groups is 1. The molecular weight excluding hydrogens is 304 g/mol. The van der Waals surface area contributed by atoms with Crippen molar-refractivity contribution in [3.63, 3.8) is 0 Å². The van der Waals surface area contributed by atoms with E-state index in [1.807, 2.05) is 17.0 Å². The fourth-order valence-corrected chi connectivity index (χ4v) is 3.62. The molecule has 0 unspecified atom stereocenters. The highest BCUT2D eigenvalue weighted by Gasteiger charge is 2.27. The van der Waals surface area contributed by atoms with E-state index < -0.39 is 0 Å². The van der Waals surface area contributed by atoms with Gasteiger partial charge in [0.25, 0.3) is 0 Å². The fourth-order valence-electron chi connectivity index (χ4n) is 3.62. The zero-order chi connectivity index (χ0) is 16.8. The Bertz CT molecular complexity index is 526. The van der Waals surface area contributed by atoms with Crippen molar-refractivity contribution in [1.82, 2.24) is 10.2 Å². The first-order chi connectivity index (χ1) is 11.8. The molecule has 1 N–H and O–H groups in total. The van der Waals surface area contributed by atoms with E-state index in [1.165, 1.54) is 5.56 Å². The molecule has 132 valence electrons. The van der Waals surface area contributed by atoms with Crippen molar-refractivity contribution in [1.29, 1.82) is 0 Å². The molecule has 1 amide bonds. The minimum Gasteiger partial charge on any atom is -0.497 e. The highest BCUT2D eigenvalue weighted by molar-refractivity contribution is 5.77. The van der Waals surface area contributed by atoms with Crippen LogP contribution in [0.1, 0.15) is 24.8 Å². The topological polar surface area (TPSA) is 50.8 Å². The molecule has 2 saturated heterocycles. The van der Waals surface area contributed by atoms with E-state index in [2.05, 4.69) is 17.4 Å². The normalized spacial score (nSPS) is 24.1. The van der Waals surface area contributed by atoms with Crippen molar-refractivity contribution in [2.45, 2.75) is 31.8 Å². The first kappa shape index (κ1) is 17.2. The summed E-state index contributed by atoms with van der Waals surface area (Å²) in [7, 11) is 1.68. The highest BCUT2D eigenvalue weighted by atomic mass is 16.5.